The standard InChI is InChI=1S/C25H22N4O4S/c1-15-21(24-27-23(28-33-24)16-7-4-3-5-8-16)22(17-10-11-20(31-2)19(30)13-17)26-25(34)29(15)14-18-9-6-12-32-18/h3-13,22,30H,14H2,1-2H3,(H,26,34). The number of phenols is 1. The average molecular weight is 475 g/mol. The molecule has 3 heterocycles. The third-order valence-corrected chi connectivity index (χ3v) is 6.05. The van der Waals surface area contributed by atoms with Crippen LogP contribution >= 0.6 is 12.2 Å². The molecule has 2 aromatic heterocycles. The number of hydrogen-bond acceptors (Lipinski definition) is 7. The number of methoxy groups -OCH3 is 1. The molecule has 0 bridgehead atoms. The lowest BCUT2D eigenvalue weighted by atomic mass is 9.94. The van der Waals surface area contributed by atoms with Gasteiger partial charge in [-0.2, -0.15) is 4.98 Å². The fourth-order valence-corrected chi connectivity index (χ4v) is 4.30. The molecule has 2 aromatic carbocycles. The molecule has 1 unspecified atom stereocenters. The highest BCUT2D eigenvalue weighted by molar-refractivity contribution is 7.80. The maximum absolute atomic E-state index is 10.4. The summed E-state index contributed by atoms with van der Waals surface area (Å²) in [5.41, 5.74) is 3.20. The van der Waals surface area contributed by atoms with Crippen LogP contribution in [-0.4, -0.2) is 32.4 Å². The summed E-state index contributed by atoms with van der Waals surface area (Å²) in [5, 5.41) is 18.5. The van der Waals surface area contributed by atoms with Gasteiger partial charge in [0, 0.05) is 11.3 Å². The maximum atomic E-state index is 10.4. The average Bonchev–Trinajstić information content (AvgIpc) is 3.54. The molecule has 0 aliphatic carbocycles. The van der Waals surface area contributed by atoms with Crippen molar-refractivity contribution in [2.24, 2.45) is 0 Å². The van der Waals surface area contributed by atoms with Gasteiger partial charge in [-0.15, -0.1) is 0 Å². The van der Waals surface area contributed by atoms with Crippen molar-refractivity contribution in [1.29, 1.82) is 0 Å². The number of nitrogens with zero attached hydrogens (tertiary/aromatic N) is 3. The Hall–Kier alpha value is -4.11. The molecular weight excluding hydrogens is 452 g/mol. The Morgan fingerprint density at radius 1 is 1.15 bits per heavy atom. The first kappa shape index (κ1) is 21.7. The van der Waals surface area contributed by atoms with Crippen molar-refractivity contribution in [1.82, 2.24) is 20.4 Å². The number of aromatic nitrogens is 2. The number of benzene rings is 2. The molecule has 0 fully saturated rings. The minimum absolute atomic E-state index is 0.0261. The highest BCUT2D eigenvalue weighted by Crippen LogP contribution is 2.40. The van der Waals surface area contributed by atoms with Crippen LogP contribution in [0.15, 0.2) is 81.6 Å². The van der Waals surface area contributed by atoms with E-state index in [1.165, 1.54) is 7.11 Å². The second kappa shape index (κ2) is 9.03. The van der Waals surface area contributed by atoms with Crippen molar-refractivity contribution in [3.05, 3.63) is 89.8 Å². The molecule has 34 heavy (non-hydrogen) atoms. The van der Waals surface area contributed by atoms with Gasteiger partial charge < -0.3 is 29.0 Å². The van der Waals surface area contributed by atoms with Gasteiger partial charge in [-0.25, -0.2) is 0 Å². The second-order valence-corrected chi connectivity index (χ2v) is 8.15. The van der Waals surface area contributed by atoms with E-state index >= 15 is 0 Å². The normalized spacial score (nSPS) is 16.0. The number of rotatable bonds is 6. The van der Waals surface area contributed by atoms with Gasteiger partial charge in [-0.1, -0.05) is 41.6 Å². The largest absolute Gasteiger partial charge is 0.504 e. The smallest absolute Gasteiger partial charge is 0.258 e. The summed E-state index contributed by atoms with van der Waals surface area (Å²) in [6, 6.07) is 18.1. The van der Waals surface area contributed by atoms with E-state index in [2.05, 4.69) is 15.5 Å². The van der Waals surface area contributed by atoms with Gasteiger partial charge >= 0.3 is 0 Å². The summed E-state index contributed by atoms with van der Waals surface area (Å²) < 4.78 is 16.5. The fourth-order valence-electron chi connectivity index (χ4n) is 3.98. The van der Waals surface area contributed by atoms with Crippen LogP contribution in [0.3, 0.4) is 0 Å². The molecule has 0 saturated carbocycles. The van der Waals surface area contributed by atoms with Gasteiger partial charge in [0.05, 0.1) is 31.5 Å². The predicted molar refractivity (Wildman–Crippen MR) is 130 cm³/mol. The number of allylic oxidation sites excluding steroid dienone is 1. The van der Waals surface area contributed by atoms with E-state index in [0.717, 1.165) is 28.2 Å². The van der Waals surface area contributed by atoms with Gasteiger partial charge in [0.1, 0.15) is 5.76 Å². The molecule has 2 N–H and O–H groups in total. The molecule has 1 atom stereocenters. The number of hydrogen-bond donors (Lipinski definition) is 2. The van der Waals surface area contributed by atoms with E-state index in [0.29, 0.717) is 29.1 Å². The zero-order valence-corrected chi connectivity index (χ0v) is 19.4. The number of furan rings is 1. The lowest BCUT2D eigenvalue weighted by Gasteiger charge is -2.37. The highest BCUT2D eigenvalue weighted by atomic mass is 32.1. The van der Waals surface area contributed by atoms with E-state index in [1.54, 1.807) is 18.4 Å². The van der Waals surface area contributed by atoms with Crippen LogP contribution in [0.2, 0.25) is 0 Å². The Morgan fingerprint density at radius 2 is 1.97 bits per heavy atom. The predicted octanol–water partition coefficient (Wildman–Crippen LogP) is 4.91. The fraction of sp³-hybridized carbons (Fsp3) is 0.160. The second-order valence-electron chi connectivity index (χ2n) is 7.77. The molecule has 1 aliphatic rings. The van der Waals surface area contributed by atoms with Gasteiger partial charge in [0.15, 0.2) is 16.6 Å². The van der Waals surface area contributed by atoms with E-state index in [-0.39, 0.29) is 5.75 Å². The van der Waals surface area contributed by atoms with Gasteiger partial charge in [-0.05, 0) is 49.0 Å². The van der Waals surface area contributed by atoms with Crippen LogP contribution in [0.4, 0.5) is 0 Å². The Bertz CT molecular complexity index is 1350. The topological polar surface area (TPSA) is 96.8 Å². The van der Waals surface area contributed by atoms with Crippen molar-refractivity contribution in [3.63, 3.8) is 0 Å². The monoisotopic (exact) mass is 474 g/mol. The van der Waals surface area contributed by atoms with Crippen molar-refractivity contribution in [2.45, 2.75) is 19.5 Å². The summed E-state index contributed by atoms with van der Waals surface area (Å²) in [6.07, 6.45) is 1.63. The molecule has 0 radical (unpaired) electrons. The van der Waals surface area contributed by atoms with Crippen LogP contribution in [0.1, 0.15) is 30.2 Å². The third-order valence-electron chi connectivity index (χ3n) is 5.72. The Balaban J connectivity index is 1.61. The molecule has 8 nitrogen and oxygen atoms in total. The first-order valence-electron chi connectivity index (χ1n) is 10.6. The quantitative estimate of drug-likeness (QED) is 0.378. The van der Waals surface area contributed by atoms with Crippen LogP contribution in [-0.2, 0) is 6.54 Å². The molecule has 9 heteroatoms. The first-order valence-corrected chi connectivity index (χ1v) is 11.0. The molecule has 0 amide bonds. The van der Waals surface area contributed by atoms with Crippen LogP contribution in [0.25, 0.3) is 17.0 Å². The SMILES string of the molecule is COc1ccc(C2NC(=S)N(Cc3ccco3)C(C)=C2c2nc(-c3ccccc3)no2)cc1O. The number of phenolic OH excluding ortho intramolecular Hbond substituents is 1. The Labute approximate surface area is 201 Å². The lowest BCUT2D eigenvalue weighted by Crippen LogP contribution is -2.45. The number of ether oxygens (including phenoxy) is 1. The van der Waals surface area contributed by atoms with Crippen molar-refractivity contribution >= 4 is 22.9 Å². The van der Waals surface area contributed by atoms with Crippen LogP contribution < -0.4 is 10.1 Å². The molecule has 0 spiro atoms. The Kier molecular flexibility index (Phi) is 5.77. The van der Waals surface area contributed by atoms with Gasteiger partial charge in [0.2, 0.25) is 5.82 Å². The molecule has 5 rings (SSSR count). The zero-order valence-electron chi connectivity index (χ0n) is 18.6. The van der Waals surface area contributed by atoms with Crippen molar-refractivity contribution in [3.8, 4) is 22.9 Å². The summed E-state index contributed by atoms with van der Waals surface area (Å²) >= 11 is 5.71. The van der Waals surface area contributed by atoms with Crippen LogP contribution in [0.5, 0.6) is 11.5 Å². The summed E-state index contributed by atoms with van der Waals surface area (Å²) in [5.74, 6) is 2.01. The first-order chi connectivity index (χ1) is 16.5. The van der Waals surface area contributed by atoms with Gasteiger partial charge in [0.25, 0.3) is 5.89 Å². The molecule has 0 saturated heterocycles. The van der Waals surface area contributed by atoms with Crippen LogP contribution in [0, 0.1) is 0 Å². The maximum Gasteiger partial charge on any atom is 0.258 e. The van der Waals surface area contributed by atoms with E-state index < -0.39 is 6.04 Å². The molecule has 1 aliphatic heterocycles. The molecule has 172 valence electrons. The summed E-state index contributed by atoms with van der Waals surface area (Å²) in [7, 11) is 1.51. The molecular formula is C25H22N4O4S. The summed E-state index contributed by atoms with van der Waals surface area (Å²) in [6.45, 7) is 2.39. The third kappa shape index (κ3) is 4.01. The summed E-state index contributed by atoms with van der Waals surface area (Å²) in [4.78, 5) is 6.61. The number of aromatic hydroxyl groups is 1. The number of thiocarbonyl (C=S) groups is 1. The number of nitrogens with one attached hydrogen (secondary N) is 1. The van der Waals surface area contributed by atoms with Crippen molar-refractivity contribution < 1.29 is 18.8 Å². The Morgan fingerprint density at radius 3 is 2.68 bits per heavy atom. The lowest BCUT2D eigenvalue weighted by molar-refractivity contribution is 0.371. The minimum Gasteiger partial charge on any atom is -0.504 e. The highest BCUT2D eigenvalue weighted by Gasteiger charge is 2.34. The van der Waals surface area contributed by atoms with E-state index in [1.807, 2.05) is 60.4 Å². The molecule has 4 aromatic rings. The van der Waals surface area contributed by atoms with Gasteiger partial charge in [-0.3, -0.25) is 0 Å². The van der Waals surface area contributed by atoms with Crippen molar-refractivity contribution in [2.75, 3.05) is 7.11 Å². The zero-order chi connectivity index (χ0) is 23.7. The minimum atomic E-state index is -0.429. The van der Waals surface area contributed by atoms with E-state index in [9.17, 15) is 5.11 Å². The van der Waals surface area contributed by atoms with E-state index in [4.69, 9.17) is 25.9 Å².